The van der Waals surface area contributed by atoms with Crippen LogP contribution >= 0.6 is 11.3 Å². The second-order valence-electron chi connectivity index (χ2n) is 5.27. The first-order valence-electron chi connectivity index (χ1n) is 7.05. The van der Waals surface area contributed by atoms with Gasteiger partial charge in [0.05, 0.1) is 12.1 Å². The number of nitrogens with one attached hydrogen (secondary N) is 1. The molecule has 0 saturated carbocycles. The average Bonchev–Trinajstić information content (AvgIpc) is 2.88. The number of nitrogens with zero attached hydrogens (tertiary/aromatic N) is 2. The monoisotopic (exact) mass is 289 g/mol. The highest BCUT2D eigenvalue weighted by atomic mass is 32.1. The van der Waals surface area contributed by atoms with Crippen LogP contribution in [-0.4, -0.2) is 16.1 Å². The molecule has 1 aliphatic carbocycles. The molecule has 0 aliphatic heterocycles. The van der Waals surface area contributed by atoms with Gasteiger partial charge in [0.1, 0.15) is 0 Å². The Morgan fingerprint density at radius 3 is 3.15 bits per heavy atom. The third-order valence-corrected chi connectivity index (χ3v) is 4.34. The first-order chi connectivity index (χ1) is 9.72. The van der Waals surface area contributed by atoms with Crippen molar-refractivity contribution in [2.24, 2.45) is 0 Å². The van der Waals surface area contributed by atoms with E-state index >= 15 is 0 Å². The lowest BCUT2D eigenvalue weighted by Gasteiger charge is -2.23. The number of aryl methyl sites for hydroxylation is 1. The van der Waals surface area contributed by atoms with Gasteiger partial charge in [-0.25, -0.2) is 4.98 Å². The van der Waals surface area contributed by atoms with E-state index in [2.05, 4.69) is 26.7 Å². The van der Waals surface area contributed by atoms with Crippen molar-refractivity contribution in [2.45, 2.75) is 45.3 Å². The van der Waals surface area contributed by atoms with Crippen LogP contribution in [0.15, 0.2) is 23.7 Å². The Kier molecular flexibility index (Phi) is 3.87. The smallest absolute Gasteiger partial charge is 0.226 e. The predicted molar refractivity (Wildman–Crippen MR) is 81.4 cm³/mol. The first kappa shape index (κ1) is 13.4. The van der Waals surface area contributed by atoms with Gasteiger partial charge in [-0.1, -0.05) is 0 Å². The van der Waals surface area contributed by atoms with Crippen LogP contribution in [0.1, 0.15) is 43.2 Å². The van der Waals surface area contributed by atoms with E-state index in [9.17, 15) is 0 Å². The van der Waals surface area contributed by atoms with Crippen LogP contribution in [0.4, 0.5) is 5.95 Å². The van der Waals surface area contributed by atoms with Gasteiger partial charge >= 0.3 is 0 Å². The fourth-order valence-electron chi connectivity index (χ4n) is 2.51. The largest absolute Gasteiger partial charge is 0.475 e. The van der Waals surface area contributed by atoms with Gasteiger partial charge in [-0.3, -0.25) is 0 Å². The molecule has 4 nitrogen and oxygen atoms in total. The average molecular weight is 289 g/mol. The normalized spacial score (nSPS) is 17.9. The maximum Gasteiger partial charge on any atom is 0.226 e. The standard InChI is InChI=1S/C15H19N3OS/c1-10(2)19-14-6-8-16-15(18-14)17-12-4-3-5-13-11(12)7-9-20-13/h6-10,12H,3-5H2,1-2H3,(H,16,17,18). The molecule has 20 heavy (non-hydrogen) atoms. The summed E-state index contributed by atoms with van der Waals surface area (Å²) >= 11 is 1.85. The van der Waals surface area contributed by atoms with Crippen LogP contribution in [0.5, 0.6) is 5.88 Å². The van der Waals surface area contributed by atoms with Crippen LogP contribution in [0.25, 0.3) is 0 Å². The highest BCUT2D eigenvalue weighted by Crippen LogP contribution is 2.35. The van der Waals surface area contributed by atoms with Gasteiger partial charge in [-0.15, -0.1) is 11.3 Å². The van der Waals surface area contributed by atoms with E-state index in [4.69, 9.17) is 4.74 Å². The van der Waals surface area contributed by atoms with Crippen molar-refractivity contribution in [3.05, 3.63) is 34.2 Å². The van der Waals surface area contributed by atoms with Crippen molar-refractivity contribution >= 4 is 17.3 Å². The Hall–Kier alpha value is -1.62. The lowest BCUT2D eigenvalue weighted by atomic mass is 9.94. The van der Waals surface area contributed by atoms with Crippen molar-refractivity contribution in [1.29, 1.82) is 0 Å². The molecule has 0 amide bonds. The van der Waals surface area contributed by atoms with Crippen LogP contribution in [-0.2, 0) is 6.42 Å². The molecule has 106 valence electrons. The lowest BCUT2D eigenvalue weighted by molar-refractivity contribution is 0.232. The summed E-state index contributed by atoms with van der Waals surface area (Å²) < 4.78 is 5.61. The molecule has 2 heterocycles. The topological polar surface area (TPSA) is 47.0 Å². The highest BCUT2D eigenvalue weighted by molar-refractivity contribution is 7.10. The van der Waals surface area contributed by atoms with Crippen molar-refractivity contribution in [3.8, 4) is 5.88 Å². The van der Waals surface area contributed by atoms with Gasteiger partial charge < -0.3 is 10.1 Å². The molecule has 0 bridgehead atoms. The molecule has 2 aromatic rings. The fraction of sp³-hybridized carbons (Fsp3) is 0.467. The predicted octanol–water partition coefficient (Wildman–Crippen LogP) is 3.81. The molecule has 0 saturated heterocycles. The van der Waals surface area contributed by atoms with Crippen LogP contribution in [0.3, 0.4) is 0 Å². The summed E-state index contributed by atoms with van der Waals surface area (Å²) in [6, 6.07) is 4.33. The molecule has 0 fully saturated rings. The van der Waals surface area contributed by atoms with Crippen LogP contribution < -0.4 is 10.1 Å². The highest BCUT2D eigenvalue weighted by Gasteiger charge is 2.21. The first-order valence-corrected chi connectivity index (χ1v) is 7.93. The number of ether oxygens (including phenoxy) is 1. The quantitative estimate of drug-likeness (QED) is 0.929. The molecule has 1 aliphatic rings. The minimum Gasteiger partial charge on any atom is -0.475 e. The molecular weight excluding hydrogens is 270 g/mol. The summed E-state index contributed by atoms with van der Waals surface area (Å²) in [5.41, 5.74) is 1.40. The van der Waals surface area contributed by atoms with Crippen molar-refractivity contribution in [2.75, 3.05) is 5.32 Å². The summed E-state index contributed by atoms with van der Waals surface area (Å²) in [4.78, 5) is 10.2. The zero-order chi connectivity index (χ0) is 13.9. The zero-order valence-corrected chi connectivity index (χ0v) is 12.6. The van der Waals surface area contributed by atoms with E-state index in [1.54, 1.807) is 12.3 Å². The zero-order valence-electron chi connectivity index (χ0n) is 11.8. The van der Waals surface area contributed by atoms with Gasteiger partial charge in [0.2, 0.25) is 11.8 Å². The molecule has 0 aromatic carbocycles. The molecule has 0 spiro atoms. The summed E-state index contributed by atoms with van der Waals surface area (Å²) in [5.74, 6) is 1.27. The molecule has 5 heteroatoms. The molecule has 1 atom stereocenters. The van der Waals surface area contributed by atoms with Crippen molar-refractivity contribution < 1.29 is 4.74 Å². The Bertz CT molecular complexity index is 582. The molecule has 1 N–H and O–H groups in total. The minimum atomic E-state index is 0.121. The third-order valence-electron chi connectivity index (χ3n) is 3.34. The van der Waals surface area contributed by atoms with Gasteiger partial charge in [0.25, 0.3) is 0 Å². The Morgan fingerprint density at radius 2 is 2.30 bits per heavy atom. The van der Waals surface area contributed by atoms with Crippen LogP contribution in [0.2, 0.25) is 0 Å². The van der Waals surface area contributed by atoms with Gasteiger partial charge in [-0.05, 0) is 50.1 Å². The Labute approximate surface area is 123 Å². The van der Waals surface area contributed by atoms with Crippen LogP contribution in [0, 0.1) is 0 Å². The second-order valence-corrected chi connectivity index (χ2v) is 6.27. The summed E-state index contributed by atoms with van der Waals surface area (Å²) in [6.07, 6.45) is 5.40. The minimum absolute atomic E-state index is 0.121. The van der Waals surface area contributed by atoms with Crippen molar-refractivity contribution in [3.63, 3.8) is 0 Å². The SMILES string of the molecule is CC(C)Oc1ccnc(NC2CCCc3sccc32)n1. The second kappa shape index (κ2) is 5.79. The summed E-state index contributed by atoms with van der Waals surface area (Å²) in [7, 11) is 0. The summed E-state index contributed by atoms with van der Waals surface area (Å²) in [5, 5.41) is 5.61. The fourth-order valence-corrected chi connectivity index (χ4v) is 3.50. The third kappa shape index (κ3) is 2.93. The molecule has 1 unspecified atom stereocenters. The van der Waals surface area contributed by atoms with Gasteiger partial charge in [0, 0.05) is 17.1 Å². The molecule has 0 radical (unpaired) electrons. The number of hydrogen-bond acceptors (Lipinski definition) is 5. The van der Waals surface area contributed by atoms with E-state index in [1.165, 1.54) is 23.3 Å². The molecule has 2 aromatic heterocycles. The Morgan fingerprint density at radius 1 is 1.40 bits per heavy atom. The maximum absolute atomic E-state index is 5.61. The van der Waals surface area contributed by atoms with Gasteiger partial charge in [-0.2, -0.15) is 4.98 Å². The number of hydrogen-bond donors (Lipinski definition) is 1. The maximum atomic E-state index is 5.61. The number of anilines is 1. The number of fused-ring (bicyclic) bond motifs is 1. The Balaban J connectivity index is 1.76. The number of rotatable bonds is 4. The van der Waals surface area contributed by atoms with E-state index in [1.807, 2.05) is 25.2 Å². The van der Waals surface area contributed by atoms with E-state index in [0.717, 1.165) is 6.42 Å². The van der Waals surface area contributed by atoms with E-state index in [-0.39, 0.29) is 6.10 Å². The number of thiophene rings is 1. The molecular formula is C15H19N3OS. The summed E-state index contributed by atoms with van der Waals surface area (Å²) in [6.45, 7) is 3.99. The molecule has 3 rings (SSSR count). The van der Waals surface area contributed by atoms with E-state index < -0.39 is 0 Å². The van der Waals surface area contributed by atoms with E-state index in [0.29, 0.717) is 17.9 Å². The van der Waals surface area contributed by atoms with Crippen molar-refractivity contribution in [1.82, 2.24) is 9.97 Å². The van der Waals surface area contributed by atoms with Gasteiger partial charge in [0.15, 0.2) is 0 Å². The lowest BCUT2D eigenvalue weighted by Crippen LogP contribution is -2.17. The number of aromatic nitrogens is 2.